The summed E-state index contributed by atoms with van der Waals surface area (Å²) in [6, 6.07) is 10.8. The SMILES string of the molecule is C=CC1=C(C=C)c2ccc(C)c3cccc1c23. The molecule has 3 rings (SSSR count). The number of allylic oxidation sites excluding steroid dienone is 4. The number of benzene rings is 2. The summed E-state index contributed by atoms with van der Waals surface area (Å²) in [7, 11) is 0. The second-order valence-electron chi connectivity index (χ2n) is 4.39. The van der Waals surface area contributed by atoms with Gasteiger partial charge in [0.05, 0.1) is 0 Å². The highest BCUT2D eigenvalue weighted by Crippen LogP contribution is 2.43. The minimum absolute atomic E-state index is 1.20. The van der Waals surface area contributed by atoms with Crippen molar-refractivity contribution in [3.8, 4) is 0 Å². The third kappa shape index (κ3) is 1.18. The van der Waals surface area contributed by atoms with Crippen LogP contribution in [0.25, 0.3) is 21.9 Å². The zero-order valence-electron chi connectivity index (χ0n) is 9.96. The van der Waals surface area contributed by atoms with Gasteiger partial charge in [-0.05, 0) is 45.5 Å². The molecule has 82 valence electrons. The van der Waals surface area contributed by atoms with Gasteiger partial charge in [0.1, 0.15) is 0 Å². The average Bonchev–Trinajstić information content (AvgIpc) is 2.68. The molecule has 0 nitrogen and oxygen atoms in total. The first-order valence-corrected chi connectivity index (χ1v) is 5.80. The third-order valence-electron chi connectivity index (χ3n) is 3.54. The molecule has 1 aliphatic rings. The molecule has 1 aliphatic carbocycles. The van der Waals surface area contributed by atoms with Crippen LogP contribution in [0.4, 0.5) is 0 Å². The van der Waals surface area contributed by atoms with Gasteiger partial charge in [-0.3, -0.25) is 0 Å². The zero-order chi connectivity index (χ0) is 12.0. The van der Waals surface area contributed by atoms with Gasteiger partial charge in [-0.2, -0.15) is 0 Å². The molecule has 0 amide bonds. The van der Waals surface area contributed by atoms with Crippen LogP contribution in [0.5, 0.6) is 0 Å². The summed E-state index contributed by atoms with van der Waals surface area (Å²) < 4.78 is 0. The summed E-state index contributed by atoms with van der Waals surface area (Å²) >= 11 is 0. The number of rotatable bonds is 2. The molecular weight excluding hydrogens is 204 g/mol. The molecule has 0 bridgehead atoms. The van der Waals surface area contributed by atoms with Crippen LogP contribution in [0.1, 0.15) is 16.7 Å². The number of hydrogen-bond donors (Lipinski definition) is 0. The predicted molar refractivity (Wildman–Crippen MR) is 75.9 cm³/mol. The average molecular weight is 218 g/mol. The van der Waals surface area contributed by atoms with E-state index in [-0.39, 0.29) is 0 Å². The number of aryl methyl sites for hydroxylation is 1. The van der Waals surface area contributed by atoms with Gasteiger partial charge in [-0.25, -0.2) is 0 Å². The highest BCUT2D eigenvalue weighted by molar-refractivity contribution is 6.18. The third-order valence-corrected chi connectivity index (χ3v) is 3.54. The van der Waals surface area contributed by atoms with E-state index in [1.807, 2.05) is 12.2 Å². The molecule has 0 heteroatoms. The van der Waals surface area contributed by atoms with Gasteiger partial charge in [0.15, 0.2) is 0 Å². The van der Waals surface area contributed by atoms with Crippen molar-refractivity contribution in [1.29, 1.82) is 0 Å². The quantitative estimate of drug-likeness (QED) is 0.682. The van der Waals surface area contributed by atoms with E-state index in [0.717, 1.165) is 0 Å². The van der Waals surface area contributed by atoms with Crippen LogP contribution >= 0.6 is 0 Å². The van der Waals surface area contributed by atoms with Crippen LogP contribution in [-0.4, -0.2) is 0 Å². The molecule has 0 atom stereocenters. The molecule has 0 saturated heterocycles. The Kier molecular flexibility index (Phi) is 2.05. The monoisotopic (exact) mass is 218 g/mol. The molecule has 0 fully saturated rings. The van der Waals surface area contributed by atoms with E-state index in [1.165, 1.54) is 38.6 Å². The Morgan fingerprint density at radius 1 is 0.882 bits per heavy atom. The van der Waals surface area contributed by atoms with Crippen LogP contribution in [0, 0.1) is 6.92 Å². The molecule has 0 spiro atoms. The topological polar surface area (TPSA) is 0 Å². The van der Waals surface area contributed by atoms with Gasteiger partial charge in [0.2, 0.25) is 0 Å². The largest absolute Gasteiger partial charge is 0.0984 e. The summed E-state index contributed by atoms with van der Waals surface area (Å²) in [6.07, 6.45) is 3.86. The van der Waals surface area contributed by atoms with Gasteiger partial charge in [0, 0.05) is 0 Å². The lowest BCUT2D eigenvalue weighted by atomic mass is 9.98. The summed E-state index contributed by atoms with van der Waals surface area (Å²) in [4.78, 5) is 0. The lowest BCUT2D eigenvalue weighted by Gasteiger charge is -2.05. The van der Waals surface area contributed by atoms with Crippen molar-refractivity contribution in [3.63, 3.8) is 0 Å². The highest BCUT2D eigenvalue weighted by atomic mass is 14.2. The van der Waals surface area contributed by atoms with E-state index in [1.54, 1.807) is 0 Å². The van der Waals surface area contributed by atoms with Crippen LogP contribution in [0.2, 0.25) is 0 Å². The molecule has 0 unspecified atom stereocenters. The van der Waals surface area contributed by atoms with E-state index in [2.05, 4.69) is 50.4 Å². The lowest BCUT2D eigenvalue weighted by Crippen LogP contribution is -1.83. The molecule has 2 aromatic rings. The fourth-order valence-electron chi connectivity index (χ4n) is 2.73. The maximum absolute atomic E-state index is 3.93. The number of hydrogen-bond acceptors (Lipinski definition) is 0. The highest BCUT2D eigenvalue weighted by Gasteiger charge is 2.20. The second kappa shape index (κ2) is 3.46. The first kappa shape index (κ1) is 10.1. The summed E-state index contributed by atoms with van der Waals surface area (Å²) in [5.74, 6) is 0. The van der Waals surface area contributed by atoms with Gasteiger partial charge >= 0.3 is 0 Å². The van der Waals surface area contributed by atoms with Gasteiger partial charge < -0.3 is 0 Å². The van der Waals surface area contributed by atoms with Gasteiger partial charge in [-0.15, -0.1) is 0 Å². The van der Waals surface area contributed by atoms with E-state index < -0.39 is 0 Å². The van der Waals surface area contributed by atoms with E-state index in [4.69, 9.17) is 0 Å². The Hall–Kier alpha value is -2.08. The van der Waals surface area contributed by atoms with Crippen LogP contribution in [-0.2, 0) is 0 Å². The van der Waals surface area contributed by atoms with Crippen molar-refractivity contribution in [2.24, 2.45) is 0 Å². The van der Waals surface area contributed by atoms with Crippen molar-refractivity contribution < 1.29 is 0 Å². The Balaban J connectivity index is 2.55. The van der Waals surface area contributed by atoms with E-state index in [9.17, 15) is 0 Å². The smallest absolute Gasteiger partial charge is 0.00237 e. The van der Waals surface area contributed by atoms with E-state index >= 15 is 0 Å². The maximum atomic E-state index is 3.93. The first-order valence-electron chi connectivity index (χ1n) is 5.80. The summed E-state index contributed by atoms with van der Waals surface area (Å²) in [5, 5.41) is 2.67. The van der Waals surface area contributed by atoms with Crippen molar-refractivity contribution in [2.45, 2.75) is 6.92 Å². The Morgan fingerprint density at radius 3 is 2.18 bits per heavy atom. The fraction of sp³-hybridized carbons (Fsp3) is 0.0588. The van der Waals surface area contributed by atoms with Crippen molar-refractivity contribution in [1.82, 2.24) is 0 Å². The zero-order valence-corrected chi connectivity index (χ0v) is 9.96. The first-order chi connectivity index (χ1) is 8.27. The van der Waals surface area contributed by atoms with Gasteiger partial charge in [-0.1, -0.05) is 55.6 Å². The van der Waals surface area contributed by atoms with E-state index in [0.29, 0.717) is 0 Å². The molecule has 0 heterocycles. The summed E-state index contributed by atoms with van der Waals surface area (Å²) in [5.41, 5.74) is 6.29. The molecule has 0 aromatic heterocycles. The van der Waals surface area contributed by atoms with Crippen molar-refractivity contribution >= 4 is 21.9 Å². The van der Waals surface area contributed by atoms with Crippen molar-refractivity contribution in [2.75, 3.05) is 0 Å². The molecule has 0 aliphatic heterocycles. The molecule has 2 aromatic carbocycles. The molecule has 0 saturated carbocycles. The standard InChI is InChI=1S/C17H14/c1-4-12-13(5-2)16-10-9-11(3)14-7-6-8-15(12)17(14)16/h4-10H,1-2H2,3H3. The summed E-state index contributed by atoms with van der Waals surface area (Å²) in [6.45, 7) is 10.0. The lowest BCUT2D eigenvalue weighted by molar-refractivity contribution is 1.52. The maximum Gasteiger partial charge on any atom is -0.00237 e. The Labute approximate surface area is 102 Å². The molecule has 17 heavy (non-hydrogen) atoms. The second-order valence-corrected chi connectivity index (χ2v) is 4.39. The molecule has 0 radical (unpaired) electrons. The Morgan fingerprint density at radius 2 is 1.53 bits per heavy atom. The molecular formula is C17H14. The fourth-order valence-corrected chi connectivity index (χ4v) is 2.73. The predicted octanol–water partition coefficient (Wildman–Crippen LogP) is 4.74. The van der Waals surface area contributed by atoms with Crippen LogP contribution in [0.15, 0.2) is 55.6 Å². The van der Waals surface area contributed by atoms with Gasteiger partial charge in [0.25, 0.3) is 0 Å². The minimum atomic E-state index is 1.20. The molecule has 0 N–H and O–H groups in total. The van der Waals surface area contributed by atoms with Crippen molar-refractivity contribution in [3.05, 3.63) is 72.3 Å². The normalized spacial score (nSPS) is 13.2. The Bertz CT molecular complexity index is 660. The van der Waals surface area contributed by atoms with Crippen LogP contribution in [0.3, 0.4) is 0 Å². The minimum Gasteiger partial charge on any atom is -0.0984 e. The van der Waals surface area contributed by atoms with Crippen LogP contribution < -0.4 is 0 Å².